The van der Waals surface area contributed by atoms with Crippen molar-refractivity contribution in [1.29, 1.82) is 5.26 Å². The van der Waals surface area contributed by atoms with E-state index in [1.807, 2.05) is 0 Å². The molecule has 7 rings (SSSR count). The molecule has 0 saturated carbocycles. The molecule has 4 saturated heterocycles. The van der Waals surface area contributed by atoms with E-state index in [1.165, 1.54) is 24.3 Å². The number of ether oxygens (including phenoxy) is 3. The number of hydrogen-bond acceptors (Lipinski definition) is 10. The lowest BCUT2D eigenvalue weighted by Gasteiger charge is -2.53. The van der Waals surface area contributed by atoms with Gasteiger partial charge in [-0.2, -0.15) is 5.26 Å². The smallest absolute Gasteiger partial charge is 0.261 e. The summed E-state index contributed by atoms with van der Waals surface area (Å²) in [6.45, 7) is 5.62. The third-order valence-corrected chi connectivity index (χ3v) is 9.25. The Morgan fingerprint density at radius 2 is 2.05 bits per heavy atom. The van der Waals surface area contributed by atoms with Gasteiger partial charge in [0.15, 0.2) is 11.6 Å². The first kappa shape index (κ1) is 25.7. The number of piperidine rings is 1. The van der Waals surface area contributed by atoms with Crippen LogP contribution in [0, 0.1) is 22.6 Å². The van der Waals surface area contributed by atoms with Gasteiger partial charge in [-0.3, -0.25) is 9.36 Å². The molecule has 12 heteroatoms. The average molecular weight is 565 g/mol. The zero-order chi connectivity index (χ0) is 27.3. The fourth-order valence-corrected chi connectivity index (χ4v) is 7.17. The van der Waals surface area contributed by atoms with Crippen LogP contribution in [-0.2, 0) is 9.47 Å². The van der Waals surface area contributed by atoms with Crippen LogP contribution in [0.4, 0.5) is 10.1 Å². The number of halogens is 1. The molecule has 4 fully saturated rings. The predicted octanol–water partition coefficient (Wildman–Crippen LogP) is 3.59. The van der Waals surface area contributed by atoms with Crippen LogP contribution in [0.15, 0.2) is 41.5 Å². The molecule has 2 spiro atoms. The Hall–Kier alpha value is -3.21. The van der Waals surface area contributed by atoms with Crippen molar-refractivity contribution in [2.75, 3.05) is 50.7 Å². The number of rotatable bonds is 6. The van der Waals surface area contributed by atoms with Gasteiger partial charge in [0.25, 0.3) is 5.56 Å². The first-order valence-electron chi connectivity index (χ1n) is 13.5. The summed E-state index contributed by atoms with van der Waals surface area (Å²) in [6, 6.07) is 9.61. The van der Waals surface area contributed by atoms with Gasteiger partial charge in [0.2, 0.25) is 0 Å². The fraction of sp³-hybridized carbons (Fsp3) is 0.464. The molecule has 0 radical (unpaired) electrons. The topological polar surface area (TPSA) is 114 Å². The van der Waals surface area contributed by atoms with Crippen LogP contribution in [0.5, 0.6) is 11.5 Å². The number of benzene rings is 2. The second-order valence-electron chi connectivity index (χ2n) is 11.2. The van der Waals surface area contributed by atoms with Crippen LogP contribution >= 0.6 is 12.1 Å². The Kier molecular flexibility index (Phi) is 6.44. The van der Waals surface area contributed by atoms with Gasteiger partial charge in [0.05, 0.1) is 54.4 Å². The van der Waals surface area contributed by atoms with Crippen LogP contribution in [0.1, 0.15) is 30.9 Å². The summed E-state index contributed by atoms with van der Waals surface area (Å²) in [7, 11) is 0. The minimum Gasteiger partial charge on any atom is -0.453 e. The molecule has 1 unspecified atom stereocenters. The van der Waals surface area contributed by atoms with Gasteiger partial charge in [0, 0.05) is 30.6 Å². The summed E-state index contributed by atoms with van der Waals surface area (Å²) in [5.41, 5.74) is 0.877. The molecule has 2 aromatic carbocycles. The van der Waals surface area contributed by atoms with Gasteiger partial charge in [-0.1, -0.05) is 0 Å². The van der Waals surface area contributed by atoms with E-state index in [1.54, 1.807) is 29.1 Å². The number of aromatic nitrogens is 2. The van der Waals surface area contributed by atoms with Gasteiger partial charge in [-0.05, 0) is 62.7 Å². The summed E-state index contributed by atoms with van der Waals surface area (Å²) < 4.78 is 39.3. The number of hydrogen-bond donors (Lipinski definition) is 2. The molecule has 2 N–H and O–H groups in total. The first-order chi connectivity index (χ1) is 19.5. The predicted molar refractivity (Wildman–Crippen MR) is 148 cm³/mol. The second kappa shape index (κ2) is 10.0. The van der Waals surface area contributed by atoms with Gasteiger partial charge >= 0.3 is 0 Å². The summed E-state index contributed by atoms with van der Waals surface area (Å²) in [6.07, 6.45) is 4.19. The highest BCUT2D eigenvalue weighted by Crippen LogP contribution is 2.42. The SMILES string of the molecule is N#Cc1c(NSN2CC3(COC3)C2)ccc(F)c1Oc1ccc2ncn(C3COC4(CCNCC4)C3)c(=O)c2c1. The largest absolute Gasteiger partial charge is 0.453 e. The van der Waals surface area contributed by atoms with Crippen molar-refractivity contribution >= 4 is 28.7 Å². The monoisotopic (exact) mass is 564 g/mol. The normalized spacial score (nSPS) is 23.1. The molecule has 1 atom stereocenters. The molecule has 0 amide bonds. The van der Waals surface area contributed by atoms with E-state index in [9.17, 15) is 14.4 Å². The van der Waals surface area contributed by atoms with E-state index in [-0.39, 0.29) is 39.7 Å². The van der Waals surface area contributed by atoms with E-state index < -0.39 is 5.82 Å². The lowest BCUT2D eigenvalue weighted by Crippen LogP contribution is -2.63. The first-order valence-corrected chi connectivity index (χ1v) is 14.3. The molecule has 0 aliphatic carbocycles. The van der Waals surface area contributed by atoms with Crippen LogP contribution in [-0.4, -0.2) is 65.5 Å². The number of nitriles is 1. The van der Waals surface area contributed by atoms with Crippen LogP contribution in [0.2, 0.25) is 0 Å². The van der Waals surface area contributed by atoms with E-state index in [2.05, 4.69) is 25.4 Å². The Balaban J connectivity index is 1.12. The standard InChI is InChI=1S/C28H29FN6O4S/c29-22-2-4-24(33-40-34-13-27(14-34)15-37-16-27)21(11-30)25(22)39-19-1-3-23-20(9-19)26(36)35(17-32-23)18-10-28(38-12-18)5-7-31-8-6-28/h1-4,9,17-18,31,33H,5-8,10,12-16H2. The van der Waals surface area contributed by atoms with E-state index in [0.29, 0.717) is 23.2 Å². The fourth-order valence-electron chi connectivity index (χ4n) is 6.09. The van der Waals surface area contributed by atoms with Crippen LogP contribution in [0.3, 0.4) is 0 Å². The van der Waals surface area contributed by atoms with Gasteiger partial charge in [0.1, 0.15) is 17.4 Å². The molecule has 1 aromatic heterocycles. The number of fused-ring (bicyclic) bond motifs is 1. The number of anilines is 1. The molecule has 208 valence electrons. The van der Waals surface area contributed by atoms with Crippen molar-refractivity contribution in [2.24, 2.45) is 5.41 Å². The summed E-state index contributed by atoms with van der Waals surface area (Å²) in [5, 5.41) is 13.6. The lowest BCUT2D eigenvalue weighted by atomic mass is 9.80. The minimum atomic E-state index is -0.666. The third kappa shape index (κ3) is 4.52. The van der Waals surface area contributed by atoms with E-state index in [4.69, 9.17) is 14.2 Å². The van der Waals surface area contributed by atoms with Gasteiger partial charge in [-0.25, -0.2) is 13.7 Å². The highest BCUT2D eigenvalue weighted by atomic mass is 32.2. The van der Waals surface area contributed by atoms with Crippen LogP contribution < -0.4 is 20.3 Å². The van der Waals surface area contributed by atoms with Crippen molar-refractivity contribution in [1.82, 2.24) is 19.2 Å². The molecule has 3 aromatic rings. The number of nitrogens with one attached hydrogen (secondary N) is 2. The molecule has 0 bridgehead atoms. The van der Waals surface area contributed by atoms with E-state index in [0.717, 1.165) is 58.7 Å². The Bertz CT molecular complexity index is 1560. The maximum atomic E-state index is 14.9. The molecular formula is C28H29FN6O4S. The third-order valence-electron chi connectivity index (χ3n) is 8.42. The summed E-state index contributed by atoms with van der Waals surface area (Å²) in [4.78, 5) is 18.0. The molecule has 40 heavy (non-hydrogen) atoms. The zero-order valence-corrected chi connectivity index (χ0v) is 22.6. The minimum absolute atomic E-state index is 0.0498. The van der Waals surface area contributed by atoms with Gasteiger partial charge < -0.3 is 24.2 Å². The molecule has 4 aliphatic rings. The Morgan fingerprint density at radius 1 is 1.23 bits per heavy atom. The highest BCUT2D eigenvalue weighted by molar-refractivity contribution is 7.98. The number of nitrogens with zero attached hydrogens (tertiary/aromatic N) is 4. The highest BCUT2D eigenvalue weighted by Gasteiger charge is 2.49. The molecule has 10 nitrogen and oxygen atoms in total. The van der Waals surface area contributed by atoms with Crippen LogP contribution in [0.25, 0.3) is 10.9 Å². The summed E-state index contributed by atoms with van der Waals surface area (Å²) in [5.74, 6) is -0.613. The average Bonchev–Trinajstić information content (AvgIpc) is 3.32. The van der Waals surface area contributed by atoms with Crippen molar-refractivity contribution in [3.63, 3.8) is 0 Å². The van der Waals surface area contributed by atoms with Crippen molar-refractivity contribution < 1.29 is 18.6 Å². The Morgan fingerprint density at radius 3 is 2.80 bits per heavy atom. The van der Waals surface area contributed by atoms with E-state index >= 15 is 0 Å². The van der Waals surface area contributed by atoms with Gasteiger partial charge in [-0.15, -0.1) is 0 Å². The molecule has 5 heterocycles. The second-order valence-corrected chi connectivity index (χ2v) is 12.1. The Labute approximate surface area is 234 Å². The molecular weight excluding hydrogens is 535 g/mol. The van der Waals surface area contributed by atoms with Crippen molar-refractivity contribution in [2.45, 2.75) is 30.9 Å². The maximum Gasteiger partial charge on any atom is 0.261 e. The zero-order valence-electron chi connectivity index (χ0n) is 21.8. The summed E-state index contributed by atoms with van der Waals surface area (Å²) >= 11 is 1.38. The van der Waals surface area contributed by atoms with Crippen molar-refractivity contribution in [3.05, 3.63) is 58.4 Å². The maximum absolute atomic E-state index is 14.9. The lowest BCUT2D eigenvalue weighted by molar-refractivity contribution is -0.164. The van der Waals surface area contributed by atoms with Crippen molar-refractivity contribution in [3.8, 4) is 17.6 Å². The quantitative estimate of drug-likeness (QED) is 0.431. The molecule has 4 aliphatic heterocycles.